The maximum absolute atomic E-state index is 12.0. The van der Waals surface area contributed by atoms with Gasteiger partial charge in [-0.1, -0.05) is 0 Å². The van der Waals surface area contributed by atoms with Crippen LogP contribution in [0.25, 0.3) is 0 Å². The van der Waals surface area contributed by atoms with Crippen molar-refractivity contribution in [1.82, 2.24) is 10.6 Å². The van der Waals surface area contributed by atoms with E-state index in [1.54, 1.807) is 12.2 Å². The van der Waals surface area contributed by atoms with Crippen LogP contribution in [0.4, 0.5) is 4.79 Å². The van der Waals surface area contributed by atoms with Gasteiger partial charge in [0.1, 0.15) is 0 Å². The van der Waals surface area contributed by atoms with Gasteiger partial charge in [-0.05, 0) is 51.4 Å². The van der Waals surface area contributed by atoms with E-state index in [2.05, 4.69) is 20.6 Å². The number of hydrogen-bond donors (Lipinski definition) is 2. The third kappa shape index (κ3) is 5.10. The van der Waals surface area contributed by atoms with E-state index in [1.807, 2.05) is 0 Å². The molecule has 0 radical (unpaired) electrons. The average Bonchev–Trinajstić information content (AvgIpc) is 2.52. The van der Waals surface area contributed by atoms with E-state index in [-0.39, 0.29) is 30.2 Å². The Hall–Kier alpha value is -1.97. The Morgan fingerprint density at radius 1 is 0.727 bits per heavy atom. The molecule has 2 fully saturated rings. The Morgan fingerprint density at radius 3 is 1.41 bits per heavy atom. The van der Waals surface area contributed by atoms with E-state index in [1.165, 1.54) is 0 Å². The second kappa shape index (κ2) is 8.47. The van der Waals surface area contributed by atoms with Crippen molar-refractivity contribution in [3.63, 3.8) is 0 Å². The maximum atomic E-state index is 12.0. The van der Waals surface area contributed by atoms with Crippen LogP contribution in [0.15, 0.2) is 9.98 Å². The van der Waals surface area contributed by atoms with E-state index in [0.29, 0.717) is 0 Å². The molecule has 7 heteroatoms. The molecule has 2 aliphatic carbocycles. The van der Waals surface area contributed by atoms with E-state index in [9.17, 15) is 14.4 Å². The summed E-state index contributed by atoms with van der Waals surface area (Å²) >= 11 is 0. The van der Waals surface area contributed by atoms with Crippen LogP contribution in [-0.4, -0.2) is 42.4 Å². The molecule has 120 valence electrons. The van der Waals surface area contributed by atoms with Gasteiger partial charge in [0.2, 0.25) is 12.2 Å². The van der Waals surface area contributed by atoms with E-state index < -0.39 is 0 Å². The first-order chi connectivity index (χ1) is 10.7. The molecular formula is C15H22N4O3. The SMILES string of the molecule is O=C=NC1CCC(NC(=O)NC2CCC(N=C=O)CC2)CC1. The molecule has 0 aliphatic heterocycles. The molecule has 0 bridgehead atoms. The molecule has 0 aromatic heterocycles. The Kier molecular flexibility index (Phi) is 6.31. The fraction of sp³-hybridized carbons (Fsp3) is 0.800. The summed E-state index contributed by atoms with van der Waals surface area (Å²) in [5, 5.41) is 5.98. The Labute approximate surface area is 129 Å². The summed E-state index contributed by atoms with van der Waals surface area (Å²) in [6.45, 7) is 0. The summed E-state index contributed by atoms with van der Waals surface area (Å²) in [5.74, 6) is 0. The summed E-state index contributed by atoms with van der Waals surface area (Å²) in [6.07, 6.45) is 9.81. The van der Waals surface area contributed by atoms with Crippen LogP contribution in [0.1, 0.15) is 51.4 Å². The minimum Gasteiger partial charge on any atom is -0.335 e. The fourth-order valence-corrected chi connectivity index (χ4v) is 3.26. The number of aliphatic imine (C=N–C) groups is 2. The summed E-state index contributed by atoms with van der Waals surface area (Å²) in [7, 11) is 0. The number of nitrogens with one attached hydrogen (secondary N) is 2. The highest BCUT2D eigenvalue weighted by Crippen LogP contribution is 2.22. The number of urea groups is 1. The normalized spacial score (nSPS) is 31.3. The molecule has 0 atom stereocenters. The highest BCUT2D eigenvalue weighted by Gasteiger charge is 2.25. The number of carbonyl (C=O) groups is 1. The third-order valence-electron chi connectivity index (χ3n) is 4.53. The van der Waals surface area contributed by atoms with Gasteiger partial charge in [0.25, 0.3) is 0 Å². The van der Waals surface area contributed by atoms with Crippen molar-refractivity contribution >= 4 is 18.2 Å². The first-order valence-electron chi connectivity index (χ1n) is 7.92. The quantitative estimate of drug-likeness (QED) is 0.609. The van der Waals surface area contributed by atoms with Gasteiger partial charge < -0.3 is 10.6 Å². The van der Waals surface area contributed by atoms with Gasteiger partial charge in [-0.2, -0.15) is 0 Å². The lowest BCUT2D eigenvalue weighted by atomic mass is 9.91. The molecule has 2 N–H and O–H groups in total. The highest BCUT2D eigenvalue weighted by molar-refractivity contribution is 5.74. The molecule has 2 amide bonds. The number of isocyanates is 2. The van der Waals surface area contributed by atoms with Crippen molar-refractivity contribution in [1.29, 1.82) is 0 Å². The lowest BCUT2D eigenvalue weighted by Gasteiger charge is -2.29. The molecule has 2 saturated carbocycles. The number of nitrogens with zero attached hydrogens (tertiary/aromatic N) is 2. The second-order valence-corrected chi connectivity index (χ2v) is 6.07. The lowest BCUT2D eigenvalue weighted by Crippen LogP contribution is -2.48. The largest absolute Gasteiger partial charge is 0.335 e. The minimum absolute atomic E-state index is 0.0623. The molecule has 22 heavy (non-hydrogen) atoms. The molecule has 0 spiro atoms. The molecule has 7 nitrogen and oxygen atoms in total. The lowest BCUT2D eigenvalue weighted by molar-refractivity contribution is 0.222. The van der Waals surface area contributed by atoms with Gasteiger partial charge in [0.15, 0.2) is 0 Å². The molecule has 2 rings (SSSR count). The zero-order valence-electron chi connectivity index (χ0n) is 12.6. The Morgan fingerprint density at radius 2 is 1.09 bits per heavy atom. The van der Waals surface area contributed by atoms with Gasteiger partial charge in [-0.25, -0.2) is 24.4 Å². The van der Waals surface area contributed by atoms with Crippen LogP contribution >= 0.6 is 0 Å². The van der Waals surface area contributed by atoms with Crippen molar-refractivity contribution in [3.05, 3.63) is 0 Å². The zero-order valence-corrected chi connectivity index (χ0v) is 12.6. The smallest absolute Gasteiger partial charge is 0.315 e. The van der Waals surface area contributed by atoms with Crippen molar-refractivity contribution in [2.24, 2.45) is 9.98 Å². The monoisotopic (exact) mass is 306 g/mol. The molecule has 0 aromatic carbocycles. The van der Waals surface area contributed by atoms with E-state index >= 15 is 0 Å². The summed E-state index contributed by atoms with van der Waals surface area (Å²) in [6, 6.07) is 0.285. The van der Waals surface area contributed by atoms with Crippen LogP contribution < -0.4 is 10.6 Å². The standard InChI is InChI=1S/C15H22N4O3/c20-9-16-11-1-5-13(6-2-11)18-15(22)19-14-7-3-12(4-8-14)17-10-21/h11-14H,1-8H2,(H2,18,19,22). The number of carbonyl (C=O) groups excluding carboxylic acids is 3. The number of rotatable bonds is 4. The van der Waals surface area contributed by atoms with Gasteiger partial charge in [-0.15, -0.1) is 0 Å². The topological polar surface area (TPSA) is 100.0 Å². The van der Waals surface area contributed by atoms with Gasteiger partial charge in [0, 0.05) is 12.1 Å². The molecule has 0 heterocycles. The Balaban J connectivity index is 1.66. The van der Waals surface area contributed by atoms with Gasteiger partial charge in [0.05, 0.1) is 12.1 Å². The zero-order chi connectivity index (χ0) is 15.8. The molecular weight excluding hydrogens is 284 g/mol. The average molecular weight is 306 g/mol. The molecule has 0 aromatic rings. The van der Waals surface area contributed by atoms with Crippen molar-refractivity contribution in [3.8, 4) is 0 Å². The predicted molar refractivity (Wildman–Crippen MR) is 80.0 cm³/mol. The van der Waals surface area contributed by atoms with Crippen LogP contribution in [0.3, 0.4) is 0 Å². The van der Waals surface area contributed by atoms with Crippen LogP contribution in [0.5, 0.6) is 0 Å². The number of hydrogen-bond acceptors (Lipinski definition) is 5. The van der Waals surface area contributed by atoms with Crippen LogP contribution in [-0.2, 0) is 9.59 Å². The third-order valence-corrected chi connectivity index (χ3v) is 4.53. The first-order valence-corrected chi connectivity index (χ1v) is 7.92. The van der Waals surface area contributed by atoms with E-state index in [0.717, 1.165) is 51.4 Å². The fourth-order valence-electron chi connectivity index (χ4n) is 3.26. The van der Waals surface area contributed by atoms with Crippen LogP contribution in [0.2, 0.25) is 0 Å². The van der Waals surface area contributed by atoms with Gasteiger partial charge in [-0.3, -0.25) is 0 Å². The molecule has 2 aliphatic rings. The molecule has 0 saturated heterocycles. The summed E-state index contributed by atoms with van der Waals surface area (Å²) in [5.41, 5.74) is 0. The highest BCUT2D eigenvalue weighted by atomic mass is 16.2. The number of amides is 2. The van der Waals surface area contributed by atoms with Gasteiger partial charge >= 0.3 is 6.03 Å². The predicted octanol–water partition coefficient (Wildman–Crippen LogP) is 1.58. The summed E-state index contributed by atoms with van der Waals surface area (Å²) in [4.78, 5) is 39.9. The first kappa shape index (κ1) is 16.4. The van der Waals surface area contributed by atoms with Crippen molar-refractivity contribution in [2.75, 3.05) is 0 Å². The summed E-state index contributed by atoms with van der Waals surface area (Å²) < 4.78 is 0. The second-order valence-electron chi connectivity index (χ2n) is 6.07. The Bertz CT molecular complexity index is 425. The minimum atomic E-state index is -0.135. The van der Waals surface area contributed by atoms with Crippen molar-refractivity contribution in [2.45, 2.75) is 75.5 Å². The molecule has 0 unspecified atom stereocenters. The maximum Gasteiger partial charge on any atom is 0.315 e. The van der Waals surface area contributed by atoms with E-state index in [4.69, 9.17) is 0 Å². The van der Waals surface area contributed by atoms with Crippen LogP contribution in [0, 0.1) is 0 Å². The van der Waals surface area contributed by atoms with Crippen molar-refractivity contribution < 1.29 is 14.4 Å².